The molecule has 5 nitrogen and oxygen atoms in total. The second kappa shape index (κ2) is 7.02. The minimum atomic E-state index is -0.935. The first-order chi connectivity index (χ1) is 11.1. The maximum Gasteiger partial charge on any atom is 0.335 e. The number of aromatic carboxylic acids is 1. The molecule has 1 aromatic carbocycles. The molecule has 0 unspecified atom stereocenters. The Morgan fingerprint density at radius 1 is 1.04 bits per heavy atom. The Kier molecular flexibility index (Phi) is 4.84. The zero-order valence-electron chi connectivity index (χ0n) is 13.3. The number of amides is 2. The van der Waals surface area contributed by atoms with Crippen molar-refractivity contribution in [2.75, 3.05) is 13.1 Å². The quantitative estimate of drug-likeness (QED) is 0.896. The zero-order valence-corrected chi connectivity index (χ0v) is 13.3. The summed E-state index contributed by atoms with van der Waals surface area (Å²) in [5.74, 6) is 0.571. The molecule has 2 N–H and O–H groups in total. The average molecular weight is 316 g/mol. The topological polar surface area (TPSA) is 69.6 Å². The van der Waals surface area contributed by atoms with E-state index in [0.29, 0.717) is 12.5 Å². The number of benzene rings is 1. The van der Waals surface area contributed by atoms with Gasteiger partial charge in [0.2, 0.25) is 0 Å². The molecule has 1 aliphatic carbocycles. The van der Waals surface area contributed by atoms with Crippen LogP contribution in [0.25, 0.3) is 0 Å². The van der Waals surface area contributed by atoms with Gasteiger partial charge < -0.3 is 15.3 Å². The smallest absolute Gasteiger partial charge is 0.335 e. The Bertz CT molecular complexity index is 558. The third-order valence-electron chi connectivity index (χ3n) is 5.16. The number of nitrogens with one attached hydrogen (secondary N) is 1. The number of urea groups is 1. The molecule has 0 radical (unpaired) electrons. The molecule has 0 aromatic heterocycles. The Labute approximate surface area is 136 Å². The molecule has 1 heterocycles. The van der Waals surface area contributed by atoms with Crippen LogP contribution in [0.1, 0.15) is 48.0 Å². The number of rotatable bonds is 4. The van der Waals surface area contributed by atoms with Gasteiger partial charge in [0.1, 0.15) is 0 Å². The van der Waals surface area contributed by atoms with Crippen LogP contribution in [0.5, 0.6) is 0 Å². The molecule has 5 heteroatoms. The van der Waals surface area contributed by atoms with Crippen molar-refractivity contribution in [2.45, 2.75) is 38.6 Å². The molecule has 124 valence electrons. The van der Waals surface area contributed by atoms with Gasteiger partial charge in [0.15, 0.2) is 0 Å². The first kappa shape index (κ1) is 15.8. The fourth-order valence-electron chi connectivity index (χ4n) is 3.64. The number of carbonyl (C=O) groups excluding carboxylic acids is 1. The molecule has 0 atom stereocenters. The highest BCUT2D eigenvalue weighted by Gasteiger charge is 2.36. The SMILES string of the molecule is O=C(O)c1ccc(CNC(=O)N2CC(C3CCCCC3)C2)cc1. The lowest BCUT2D eigenvalue weighted by molar-refractivity contribution is 0.0680. The molecular weight excluding hydrogens is 292 g/mol. The van der Waals surface area contributed by atoms with Crippen LogP contribution in [0, 0.1) is 11.8 Å². The minimum Gasteiger partial charge on any atom is -0.478 e. The molecular formula is C18H24N2O3. The standard InChI is InChI=1S/C18H24N2O3/c21-17(22)15-8-6-13(7-9-15)10-19-18(23)20-11-16(12-20)14-4-2-1-3-5-14/h6-9,14,16H,1-5,10-12H2,(H,19,23)(H,21,22). The van der Waals surface area contributed by atoms with E-state index in [1.807, 2.05) is 4.90 Å². The predicted octanol–water partition coefficient (Wildman–Crippen LogP) is 3.11. The van der Waals surface area contributed by atoms with Crippen LogP contribution in [0.4, 0.5) is 4.79 Å². The molecule has 2 fully saturated rings. The van der Waals surface area contributed by atoms with Gasteiger partial charge in [-0.1, -0.05) is 44.2 Å². The summed E-state index contributed by atoms with van der Waals surface area (Å²) in [6.07, 6.45) is 6.72. The summed E-state index contributed by atoms with van der Waals surface area (Å²) in [7, 11) is 0. The maximum atomic E-state index is 12.1. The van der Waals surface area contributed by atoms with E-state index >= 15 is 0 Å². The molecule has 1 aliphatic heterocycles. The molecule has 0 bridgehead atoms. The molecule has 2 amide bonds. The second-order valence-electron chi connectivity index (χ2n) is 6.72. The zero-order chi connectivity index (χ0) is 16.2. The van der Waals surface area contributed by atoms with E-state index in [2.05, 4.69) is 5.32 Å². The lowest BCUT2D eigenvalue weighted by atomic mass is 9.76. The molecule has 3 rings (SSSR count). The van der Waals surface area contributed by atoms with Crippen molar-refractivity contribution >= 4 is 12.0 Å². The monoisotopic (exact) mass is 316 g/mol. The lowest BCUT2D eigenvalue weighted by Crippen LogP contribution is -2.55. The molecule has 1 aromatic rings. The fraction of sp³-hybridized carbons (Fsp3) is 0.556. The highest BCUT2D eigenvalue weighted by atomic mass is 16.4. The molecule has 1 saturated carbocycles. The van der Waals surface area contributed by atoms with Crippen molar-refractivity contribution in [2.24, 2.45) is 11.8 Å². The summed E-state index contributed by atoms with van der Waals surface area (Å²) >= 11 is 0. The van der Waals surface area contributed by atoms with E-state index in [1.165, 1.54) is 32.1 Å². The Balaban J connectivity index is 1.41. The van der Waals surface area contributed by atoms with Gasteiger partial charge in [0, 0.05) is 19.6 Å². The van der Waals surface area contributed by atoms with Crippen molar-refractivity contribution < 1.29 is 14.7 Å². The van der Waals surface area contributed by atoms with Crippen LogP contribution in [-0.4, -0.2) is 35.1 Å². The Morgan fingerprint density at radius 3 is 2.30 bits per heavy atom. The fourth-order valence-corrected chi connectivity index (χ4v) is 3.64. The number of hydrogen-bond donors (Lipinski definition) is 2. The van der Waals surface area contributed by atoms with Gasteiger partial charge in [0.05, 0.1) is 5.56 Å². The van der Waals surface area contributed by atoms with Gasteiger partial charge in [-0.2, -0.15) is 0 Å². The van der Waals surface area contributed by atoms with Crippen LogP contribution in [0.3, 0.4) is 0 Å². The number of hydrogen-bond acceptors (Lipinski definition) is 2. The summed E-state index contributed by atoms with van der Waals surface area (Å²) in [4.78, 5) is 24.8. The van der Waals surface area contributed by atoms with Crippen molar-refractivity contribution in [3.8, 4) is 0 Å². The highest BCUT2D eigenvalue weighted by Crippen LogP contribution is 2.34. The van der Waals surface area contributed by atoms with E-state index in [1.54, 1.807) is 24.3 Å². The maximum absolute atomic E-state index is 12.1. The Morgan fingerprint density at radius 2 is 1.70 bits per heavy atom. The summed E-state index contributed by atoms with van der Waals surface area (Å²) in [6, 6.07) is 6.59. The Hall–Kier alpha value is -2.04. The van der Waals surface area contributed by atoms with E-state index in [-0.39, 0.29) is 11.6 Å². The van der Waals surface area contributed by atoms with Crippen LogP contribution in [0.15, 0.2) is 24.3 Å². The molecule has 2 aliphatic rings. The second-order valence-corrected chi connectivity index (χ2v) is 6.72. The summed E-state index contributed by atoms with van der Waals surface area (Å²) < 4.78 is 0. The van der Waals surface area contributed by atoms with Crippen LogP contribution in [0.2, 0.25) is 0 Å². The van der Waals surface area contributed by atoms with Gasteiger partial charge in [-0.15, -0.1) is 0 Å². The number of carbonyl (C=O) groups is 2. The van der Waals surface area contributed by atoms with Gasteiger partial charge in [-0.25, -0.2) is 9.59 Å². The molecule has 1 saturated heterocycles. The normalized spacial score (nSPS) is 19.2. The lowest BCUT2D eigenvalue weighted by Gasteiger charge is -2.44. The summed E-state index contributed by atoms with van der Waals surface area (Å²) in [6.45, 7) is 2.20. The van der Waals surface area contributed by atoms with E-state index < -0.39 is 5.97 Å². The first-order valence-corrected chi connectivity index (χ1v) is 8.48. The van der Waals surface area contributed by atoms with Crippen molar-refractivity contribution in [3.63, 3.8) is 0 Å². The van der Waals surface area contributed by atoms with E-state index in [4.69, 9.17) is 5.11 Å². The van der Waals surface area contributed by atoms with Gasteiger partial charge >= 0.3 is 12.0 Å². The highest BCUT2D eigenvalue weighted by molar-refractivity contribution is 5.87. The predicted molar refractivity (Wildman–Crippen MR) is 87.3 cm³/mol. The van der Waals surface area contributed by atoms with Crippen LogP contribution in [-0.2, 0) is 6.54 Å². The number of carboxylic acids is 1. The number of nitrogens with zero attached hydrogens (tertiary/aromatic N) is 1. The van der Waals surface area contributed by atoms with E-state index in [9.17, 15) is 9.59 Å². The van der Waals surface area contributed by atoms with Crippen LogP contribution >= 0.6 is 0 Å². The van der Waals surface area contributed by atoms with Crippen molar-refractivity contribution in [3.05, 3.63) is 35.4 Å². The molecule has 23 heavy (non-hydrogen) atoms. The summed E-state index contributed by atoms with van der Waals surface area (Å²) in [5.41, 5.74) is 1.17. The average Bonchev–Trinajstić information content (AvgIpc) is 2.53. The van der Waals surface area contributed by atoms with Crippen molar-refractivity contribution in [1.82, 2.24) is 10.2 Å². The van der Waals surface area contributed by atoms with Crippen LogP contribution < -0.4 is 5.32 Å². The molecule has 0 spiro atoms. The first-order valence-electron chi connectivity index (χ1n) is 8.48. The summed E-state index contributed by atoms with van der Waals surface area (Å²) in [5, 5.41) is 11.8. The third-order valence-corrected chi connectivity index (χ3v) is 5.16. The van der Waals surface area contributed by atoms with Gasteiger partial charge in [-0.3, -0.25) is 0 Å². The third kappa shape index (κ3) is 3.84. The van der Waals surface area contributed by atoms with Gasteiger partial charge in [0.25, 0.3) is 0 Å². The number of carboxylic acid groups (broad SMARTS) is 1. The van der Waals surface area contributed by atoms with Crippen molar-refractivity contribution in [1.29, 1.82) is 0 Å². The largest absolute Gasteiger partial charge is 0.478 e. The number of likely N-dealkylation sites (tertiary alicyclic amines) is 1. The van der Waals surface area contributed by atoms with E-state index in [0.717, 1.165) is 24.6 Å². The minimum absolute atomic E-state index is 0.0145. The van der Waals surface area contributed by atoms with Gasteiger partial charge in [-0.05, 0) is 29.5 Å².